The van der Waals surface area contributed by atoms with Gasteiger partial charge in [-0.05, 0) is 27.7 Å². The number of likely N-dealkylation sites (tertiary alicyclic amines) is 1. The van der Waals surface area contributed by atoms with Crippen LogP contribution in [0.1, 0.15) is 27.7 Å². The third kappa shape index (κ3) is 2.71. The molecule has 0 aromatic heterocycles. The summed E-state index contributed by atoms with van der Waals surface area (Å²) in [7, 11) is 0. The van der Waals surface area contributed by atoms with E-state index < -0.39 is 28.7 Å². The first-order chi connectivity index (χ1) is 9.63. The molecule has 2 heterocycles. The zero-order chi connectivity index (χ0) is 15.9. The maximum atomic E-state index is 15.3. The van der Waals surface area contributed by atoms with Gasteiger partial charge in [0, 0.05) is 13.1 Å². The highest BCUT2D eigenvalue weighted by atomic mass is 19.1. The molecule has 0 aromatic carbocycles. The Balaban J connectivity index is 2.16. The van der Waals surface area contributed by atoms with Crippen LogP contribution in [0.25, 0.3) is 0 Å². The second-order valence-electron chi connectivity index (χ2n) is 6.77. The van der Waals surface area contributed by atoms with Crippen molar-refractivity contribution in [2.45, 2.75) is 39.0 Å². The average Bonchev–Trinajstić information content (AvgIpc) is 2.62. The van der Waals surface area contributed by atoms with Crippen molar-refractivity contribution in [3.8, 4) is 0 Å². The molecule has 2 saturated heterocycles. The summed E-state index contributed by atoms with van der Waals surface area (Å²) in [6.45, 7) is 7.42. The van der Waals surface area contributed by atoms with E-state index in [1.807, 2.05) is 0 Å². The third-order valence-electron chi connectivity index (χ3n) is 3.85. The molecule has 0 radical (unpaired) electrons. The third-order valence-corrected chi connectivity index (χ3v) is 3.85. The molecule has 0 unspecified atom stereocenters. The van der Waals surface area contributed by atoms with Crippen molar-refractivity contribution in [3.63, 3.8) is 0 Å². The smallest absolute Gasteiger partial charge is 0.410 e. The Labute approximate surface area is 123 Å². The summed E-state index contributed by atoms with van der Waals surface area (Å²) < 4.78 is 25.7. The van der Waals surface area contributed by atoms with Crippen LogP contribution < -0.4 is 5.32 Å². The first-order valence-electron chi connectivity index (χ1n) is 7.16. The quantitative estimate of drug-likeness (QED) is 0.829. The SMILES string of the molecule is CCNC(=O)[C@@]1(F)CN(C(=O)OC(C)(C)C)CC12COC2. The van der Waals surface area contributed by atoms with Crippen molar-refractivity contribution in [1.82, 2.24) is 10.2 Å². The summed E-state index contributed by atoms with van der Waals surface area (Å²) in [6.07, 6.45) is -0.599. The fraction of sp³-hybridized carbons (Fsp3) is 0.857. The first-order valence-corrected chi connectivity index (χ1v) is 7.16. The Bertz CT molecular complexity index is 445. The molecule has 120 valence electrons. The number of amides is 2. The van der Waals surface area contributed by atoms with Crippen LogP contribution in [0.5, 0.6) is 0 Å². The number of hydrogen-bond donors (Lipinski definition) is 1. The van der Waals surface area contributed by atoms with Gasteiger partial charge in [0.25, 0.3) is 5.91 Å². The van der Waals surface area contributed by atoms with Crippen molar-refractivity contribution in [3.05, 3.63) is 0 Å². The lowest BCUT2D eigenvalue weighted by molar-refractivity contribution is -0.180. The fourth-order valence-corrected chi connectivity index (χ4v) is 2.71. The van der Waals surface area contributed by atoms with E-state index in [0.29, 0.717) is 6.54 Å². The molecule has 6 nitrogen and oxygen atoms in total. The van der Waals surface area contributed by atoms with Gasteiger partial charge in [0.05, 0.1) is 25.2 Å². The van der Waals surface area contributed by atoms with Crippen LogP contribution in [0.15, 0.2) is 0 Å². The lowest BCUT2D eigenvalue weighted by Gasteiger charge is -2.44. The van der Waals surface area contributed by atoms with Crippen molar-refractivity contribution in [2.75, 3.05) is 32.8 Å². The minimum absolute atomic E-state index is 0.134. The molecule has 2 aliphatic heterocycles. The van der Waals surface area contributed by atoms with Gasteiger partial charge in [0.15, 0.2) is 0 Å². The molecule has 0 bridgehead atoms. The van der Waals surface area contributed by atoms with Crippen LogP contribution in [0, 0.1) is 5.41 Å². The zero-order valence-corrected chi connectivity index (χ0v) is 13.0. The molecule has 2 fully saturated rings. The van der Waals surface area contributed by atoms with E-state index in [9.17, 15) is 9.59 Å². The molecular formula is C14H23FN2O4. The van der Waals surface area contributed by atoms with Crippen molar-refractivity contribution < 1.29 is 23.5 Å². The molecular weight excluding hydrogens is 279 g/mol. The van der Waals surface area contributed by atoms with Gasteiger partial charge in [-0.3, -0.25) is 4.79 Å². The lowest BCUT2D eigenvalue weighted by atomic mass is 9.73. The molecule has 21 heavy (non-hydrogen) atoms. The highest BCUT2D eigenvalue weighted by Crippen LogP contribution is 2.48. The number of nitrogens with zero attached hydrogens (tertiary/aromatic N) is 1. The summed E-state index contributed by atoms with van der Waals surface area (Å²) in [5.41, 5.74) is -3.74. The largest absolute Gasteiger partial charge is 0.444 e. The van der Waals surface area contributed by atoms with E-state index in [1.54, 1.807) is 27.7 Å². The summed E-state index contributed by atoms with van der Waals surface area (Å²) in [4.78, 5) is 25.5. The fourth-order valence-electron chi connectivity index (χ4n) is 2.71. The van der Waals surface area contributed by atoms with E-state index in [-0.39, 0.29) is 26.3 Å². The Hall–Kier alpha value is -1.37. The number of halogens is 1. The van der Waals surface area contributed by atoms with Gasteiger partial charge >= 0.3 is 6.09 Å². The van der Waals surface area contributed by atoms with Gasteiger partial charge in [0.2, 0.25) is 5.67 Å². The van der Waals surface area contributed by atoms with Gasteiger partial charge in [-0.15, -0.1) is 0 Å². The zero-order valence-electron chi connectivity index (χ0n) is 13.0. The van der Waals surface area contributed by atoms with Crippen LogP contribution in [0.2, 0.25) is 0 Å². The van der Waals surface area contributed by atoms with Gasteiger partial charge in [0.1, 0.15) is 5.60 Å². The molecule has 1 spiro atoms. The molecule has 1 atom stereocenters. The first kappa shape index (κ1) is 16.0. The van der Waals surface area contributed by atoms with Gasteiger partial charge in [-0.25, -0.2) is 9.18 Å². The van der Waals surface area contributed by atoms with Crippen LogP contribution in [-0.2, 0) is 14.3 Å². The topological polar surface area (TPSA) is 67.9 Å². The molecule has 0 aromatic rings. The van der Waals surface area contributed by atoms with E-state index in [0.717, 1.165) is 0 Å². The van der Waals surface area contributed by atoms with E-state index in [1.165, 1.54) is 4.90 Å². The molecule has 2 amide bonds. The van der Waals surface area contributed by atoms with Gasteiger partial charge < -0.3 is 19.7 Å². The second-order valence-corrected chi connectivity index (χ2v) is 6.77. The number of rotatable bonds is 2. The van der Waals surface area contributed by atoms with Crippen LogP contribution in [-0.4, -0.2) is 61.0 Å². The lowest BCUT2D eigenvalue weighted by Crippen LogP contribution is -2.63. The average molecular weight is 302 g/mol. The van der Waals surface area contributed by atoms with Crippen LogP contribution in [0.4, 0.5) is 9.18 Å². The maximum absolute atomic E-state index is 15.3. The minimum Gasteiger partial charge on any atom is -0.444 e. The van der Waals surface area contributed by atoms with E-state index in [2.05, 4.69) is 5.32 Å². The Morgan fingerprint density at radius 2 is 1.95 bits per heavy atom. The molecule has 7 heteroatoms. The standard InChI is InChI=1S/C14H23FN2O4/c1-5-16-10(18)14(15)7-17(6-13(14)8-20-9-13)11(19)21-12(2,3)4/h5-9H2,1-4H3,(H,16,18)/t14-/m0/s1. The number of carbonyl (C=O) groups is 2. The Kier molecular flexibility index (Phi) is 3.90. The number of hydrogen-bond acceptors (Lipinski definition) is 4. The number of ether oxygens (including phenoxy) is 2. The van der Waals surface area contributed by atoms with Gasteiger partial charge in [-0.2, -0.15) is 0 Å². The normalized spacial score (nSPS) is 27.4. The molecule has 0 saturated carbocycles. The predicted molar refractivity (Wildman–Crippen MR) is 73.6 cm³/mol. The maximum Gasteiger partial charge on any atom is 0.410 e. The van der Waals surface area contributed by atoms with E-state index >= 15 is 4.39 Å². The molecule has 2 rings (SSSR count). The van der Waals surface area contributed by atoms with Crippen molar-refractivity contribution in [1.29, 1.82) is 0 Å². The predicted octanol–water partition coefficient (Wildman–Crippen LogP) is 1.10. The van der Waals surface area contributed by atoms with Crippen molar-refractivity contribution >= 4 is 12.0 Å². The van der Waals surface area contributed by atoms with Crippen LogP contribution in [0.3, 0.4) is 0 Å². The molecule has 2 aliphatic rings. The summed E-state index contributed by atoms with van der Waals surface area (Å²) >= 11 is 0. The van der Waals surface area contributed by atoms with Gasteiger partial charge in [-0.1, -0.05) is 0 Å². The Morgan fingerprint density at radius 1 is 1.33 bits per heavy atom. The van der Waals surface area contributed by atoms with Crippen LogP contribution >= 0.6 is 0 Å². The monoisotopic (exact) mass is 302 g/mol. The second kappa shape index (κ2) is 5.12. The number of nitrogens with one attached hydrogen (secondary N) is 1. The summed E-state index contributed by atoms with van der Waals surface area (Å²) in [6, 6.07) is 0. The highest BCUT2D eigenvalue weighted by molar-refractivity contribution is 5.88. The van der Waals surface area contributed by atoms with Crippen molar-refractivity contribution in [2.24, 2.45) is 5.41 Å². The summed E-state index contributed by atoms with van der Waals surface area (Å²) in [5.74, 6) is -0.681. The number of alkyl halides is 1. The molecule has 1 N–H and O–H groups in total. The minimum atomic E-state index is -2.13. The molecule has 0 aliphatic carbocycles. The summed E-state index contributed by atoms with van der Waals surface area (Å²) in [5, 5.41) is 2.51. The Morgan fingerprint density at radius 3 is 2.38 bits per heavy atom. The highest BCUT2D eigenvalue weighted by Gasteiger charge is 2.68. The van der Waals surface area contributed by atoms with E-state index in [4.69, 9.17) is 9.47 Å². The number of carbonyl (C=O) groups excluding carboxylic acids is 2.